The van der Waals surface area contributed by atoms with Crippen molar-refractivity contribution in [3.8, 4) is 0 Å². The van der Waals surface area contributed by atoms with Crippen molar-refractivity contribution in [2.75, 3.05) is 39.3 Å². The monoisotopic (exact) mass is 402 g/mol. The summed E-state index contributed by atoms with van der Waals surface area (Å²) in [5.74, 6) is -4.91. The van der Waals surface area contributed by atoms with Gasteiger partial charge in [0.15, 0.2) is 0 Å². The Morgan fingerprint density at radius 3 is 0.870 bits per heavy atom. The molecular formula is C10H16CaCl2N2O8. The van der Waals surface area contributed by atoms with Gasteiger partial charge in [0.25, 0.3) is 0 Å². The van der Waals surface area contributed by atoms with Crippen molar-refractivity contribution >= 4 is 61.6 Å². The molecule has 10 nitrogen and oxygen atoms in total. The van der Waals surface area contributed by atoms with Gasteiger partial charge in [-0.1, -0.05) is 0 Å². The van der Waals surface area contributed by atoms with Crippen molar-refractivity contribution in [1.82, 2.24) is 9.80 Å². The Balaban J connectivity index is -0.000000602. The molecule has 0 aromatic rings. The van der Waals surface area contributed by atoms with Crippen LogP contribution in [0.2, 0.25) is 0 Å². The molecular weight excluding hydrogens is 387 g/mol. The smallest absolute Gasteiger partial charge is 1.00 e. The van der Waals surface area contributed by atoms with Crippen LogP contribution in [0, 0.1) is 0 Å². The van der Waals surface area contributed by atoms with Gasteiger partial charge in [-0.25, -0.2) is 0 Å². The largest absolute Gasteiger partial charge is 2.00 e. The molecule has 0 heterocycles. The van der Waals surface area contributed by atoms with E-state index in [0.717, 1.165) is 9.80 Å². The average Bonchev–Trinajstić information content (AvgIpc) is 2.22. The zero-order chi connectivity index (χ0) is 15.7. The van der Waals surface area contributed by atoms with Gasteiger partial charge in [0, 0.05) is 13.1 Å². The fourth-order valence-electron chi connectivity index (χ4n) is 1.48. The van der Waals surface area contributed by atoms with Gasteiger partial charge >= 0.3 is 61.6 Å². The molecule has 130 valence electrons. The van der Waals surface area contributed by atoms with Gasteiger partial charge in [-0.2, -0.15) is 0 Å². The van der Waals surface area contributed by atoms with Crippen LogP contribution in [-0.2, 0) is 19.2 Å². The van der Waals surface area contributed by atoms with Crippen molar-refractivity contribution in [2.24, 2.45) is 0 Å². The maximum atomic E-state index is 10.6. The van der Waals surface area contributed by atoms with Crippen molar-refractivity contribution in [3.05, 3.63) is 0 Å². The van der Waals surface area contributed by atoms with E-state index in [1.165, 1.54) is 0 Å². The quantitative estimate of drug-likeness (QED) is 0.244. The Morgan fingerprint density at radius 1 is 0.565 bits per heavy atom. The number of nitrogens with zero attached hydrogens (tertiary/aromatic N) is 2. The molecule has 23 heavy (non-hydrogen) atoms. The number of rotatable bonds is 11. The second-order valence-corrected chi connectivity index (χ2v) is 4.00. The predicted octanol–water partition coefficient (Wildman–Crippen LogP) is -8.44. The molecule has 0 aliphatic carbocycles. The van der Waals surface area contributed by atoms with Gasteiger partial charge in [0.1, 0.15) is 0 Å². The third kappa shape index (κ3) is 19.6. The summed E-state index contributed by atoms with van der Waals surface area (Å²) in [7, 11) is 0. The van der Waals surface area contributed by atoms with Crippen LogP contribution in [0.5, 0.6) is 0 Å². The molecule has 0 spiro atoms. The summed E-state index contributed by atoms with van der Waals surface area (Å²) >= 11 is 0. The molecule has 0 atom stereocenters. The first-order valence-corrected chi connectivity index (χ1v) is 5.52. The Bertz CT molecular complexity index is 331. The summed E-state index contributed by atoms with van der Waals surface area (Å²) in [6.07, 6.45) is 0. The molecule has 0 rings (SSSR count). The summed E-state index contributed by atoms with van der Waals surface area (Å²) in [4.78, 5) is 44.4. The molecule has 4 N–H and O–H groups in total. The van der Waals surface area contributed by atoms with Crippen molar-refractivity contribution in [1.29, 1.82) is 0 Å². The van der Waals surface area contributed by atoms with Crippen LogP contribution in [-0.4, -0.2) is 131 Å². The standard InChI is InChI=1S/C10H16N2O8.Ca.2ClH/c13-7(14)3-11(4-8(15)16)1-2-12(5-9(17)18)6-10(19)20;;;/h1-6H2,(H,13,14)(H,15,16)(H,17,18)(H,19,20);;2*1H/q;+2;;/p-2. The van der Waals surface area contributed by atoms with Crippen LogP contribution in [0.4, 0.5) is 0 Å². The van der Waals surface area contributed by atoms with Crippen molar-refractivity contribution in [3.63, 3.8) is 0 Å². The molecule has 0 aromatic heterocycles. The van der Waals surface area contributed by atoms with Gasteiger partial charge in [-0.15, -0.1) is 0 Å². The van der Waals surface area contributed by atoms with Crippen LogP contribution in [0.15, 0.2) is 0 Å². The van der Waals surface area contributed by atoms with Crippen LogP contribution < -0.4 is 24.8 Å². The minimum Gasteiger partial charge on any atom is -1.00 e. The SMILES string of the molecule is O=C(O)CN(CCN(CC(=O)O)CC(=O)O)CC(=O)O.[Ca+2].[Cl-].[Cl-]. The number of carbonyl (C=O) groups is 4. The van der Waals surface area contributed by atoms with Crippen molar-refractivity contribution < 1.29 is 64.4 Å². The summed E-state index contributed by atoms with van der Waals surface area (Å²) < 4.78 is 0. The van der Waals surface area contributed by atoms with Gasteiger partial charge < -0.3 is 45.2 Å². The normalized spacial score (nSPS) is 9.30. The van der Waals surface area contributed by atoms with Gasteiger partial charge in [-0.05, 0) is 0 Å². The van der Waals surface area contributed by atoms with E-state index in [1.807, 2.05) is 0 Å². The van der Waals surface area contributed by atoms with E-state index < -0.39 is 50.1 Å². The number of aliphatic carboxylic acids is 4. The van der Waals surface area contributed by atoms with Crippen LogP contribution in [0.3, 0.4) is 0 Å². The molecule has 0 saturated carbocycles. The molecule has 0 unspecified atom stereocenters. The zero-order valence-electron chi connectivity index (χ0n) is 12.0. The fraction of sp³-hybridized carbons (Fsp3) is 0.600. The third-order valence-corrected chi connectivity index (χ3v) is 2.17. The minimum atomic E-state index is -1.23. The minimum absolute atomic E-state index is 0. The Morgan fingerprint density at radius 2 is 0.739 bits per heavy atom. The second-order valence-electron chi connectivity index (χ2n) is 4.00. The van der Waals surface area contributed by atoms with E-state index in [0.29, 0.717) is 0 Å². The Kier molecular flexibility index (Phi) is 21.9. The Labute approximate surface area is 174 Å². The Hall–Kier alpha value is -0.360. The molecule has 0 fully saturated rings. The van der Waals surface area contributed by atoms with Crippen LogP contribution >= 0.6 is 0 Å². The van der Waals surface area contributed by atoms with E-state index in [2.05, 4.69) is 0 Å². The summed E-state index contributed by atoms with van der Waals surface area (Å²) in [6, 6.07) is 0. The summed E-state index contributed by atoms with van der Waals surface area (Å²) in [5, 5.41) is 34.5. The molecule has 0 bridgehead atoms. The average molecular weight is 403 g/mol. The molecule has 0 saturated heterocycles. The molecule has 13 heteroatoms. The molecule has 0 amide bonds. The van der Waals surface area contributed by atoms with Crippen LogP contribution in [0.25, 0.3) is 0 Å². The third-order valence-electron chi connectivity index (χ3n) is 2.17. The fourth-order valence-corrected chi connectivity index (χ4v) is 1.48. The summed E-state index contributed by atoms with van der Waals surface area (Å²) in [6.45, 7) is -2.25. The first kappa shape index (κ1) is 30.5. The van der Waals surface area contributed by atoms with Gasteiger partial charge in [0.2, 0.25) is 0 Å². The van der Waals surface area contributed by atoms with E-state index in [-0.39, 0.29) is 75.6 Å². The number of hydrogen-bond donors (Lipinski definition) is 4. The van der Waals surface area contributed by atoms with Crippen molar-refractivity contribution in [2.45, 2.75) is 0 Å². The first-order valence-electron chi connectivity index (χ1n) is 5.52. The molecule has 0 aromatic carbocycles. The number of carboxylic acids is 4. The topological polar surface area (TPSA) is 156 Å². The van der Waals surface area contributed by atoms with E-state index in [1.54, 1.807) is 0 Å². The number of carboxylic acid groups (broad SMARTS) is 4. The second kappa shape index (κ2) is 16.5. The molecule has 0 aliphatic heterocycles. The number of hydrogen-bond acceptors (Lipinski definition) is 6. The molecule has 0 aliphatic rings. The molecule has 0 radical (unpaired) electrons. The van der Waals surface area contributed by atoms with E-state index >= 15 is 0 Å². The van der Waals surface area contributed by atoms with Crippen LogP contribution in [0.1, 0.15) is 0 Å². The predicted molar refractivity (Wildman–Crippen MR) is 69.2 cm³/mol. The van der Waals surface area contributed by atoms with E-state index in [4.69, 9.17) is 20.4 Å². The first-order chi connectivity index (χ1) is 9.20. The maximum Gasteiger partial charge on any atom is 2.00 e. The maximum absolute atomic E-state index is 10.6. The van der Waals surface area contributed by atoms with E-state index in [9.17, 15) is 19.2 Å². The summed E-state index contributed by atoms with van der Waals surface area (Å²) in [5.41, 5.74) is 0. The van der Waals surface area contributed by atoms with Gasteiger partial charge in [0.05, 0.1) is 26.2 Å². The number of halogens is 2. The zero-order valence-corrected chi connectivity index (χ0v) is 15.7. The van der Waals surface area contributed by atoms with Gasteiger partial charge in [-0.3, -0.25) is 29.0 Å².